The number of carbonyl (C=O) groups excluding carboxylic acids is 3. The molecule has 3 heterocycles. The first-order valence-corrected chi connectivity index (χ1v) is 9.96. The summed E-state index contributed by atoms with van der Waals surface area (Å²) in [6, 6.07) is 6.46. The maximum absolute atomic E-state index is 12.9. The lowest BCUT2D eigenvalue weighted by atomic mass is 9.99. The van der Waals surface area contributed by atoms with Crippen molar-refractivity contribution in [2.45, 2.75) is 24.1 Å². The Balaban J connectivity index is 1.61. The van der Waals surface area contributed by atoms with Crippen LogP contribution in [0.1, 0.15) is 18.6 Å². The fourth-order valence-electron chi connectivity index (χ4n) is 3.49. The van der Waals surface area contributed by atoms with Crippen molar-refractivity contribution in [2.75, 3.05) is 12.4 Å². The second kappa shape index (κ2) is 7.05. The molecule has 0 saturated carbocycles. The average Bonchev–Trinajstić information content (AvgIpc) is 3.05. The number of hydrogen-bond acceptors (Lipinski definition) is 7. The van der Waals surface area contributed by atoms with E-state index < -0.39 is 41.0 Å². The van der Waals surface area contributed by atoms with Crippen LogP contribution in [0.2, 0.25) is 5.02 Å². The van der Waals surface area contributed by atoms with Gasteiger partial charge in [0.15, 0.2) is 6.10 Å². The number of thioether (sulfide) groups is 1. The quantitative estimate of drug-likeness (QED) is 0.528. The van der Waals surface area contributed by atoms with Gasteiger partial charge in [-0.05, 0) is 17.7 Å². The molecular formula is C18H15ClN2O7S. The molecule has 0 aliphatic carbocycles. The number of amides is 2. The van der Waals surface area contributed by atoms with Crippen LogP contribution in [-0.4, -0.2) is 57.2 Å². The monoisotopic (exact) mass is 438 g/mol. The number of halogens is 1. The summed E-state index contributed by atoms with van der Waals surface area (Å²) in [7, 11) is 0. The lowest BCUT2D eigenvalue weighted by molar-refractivity contribution is -0.190. The van der Waals surface area contributed by atoms with Gasteiger partial charge in [-0.2, -0.15) is 0 Å². The van der Waals surface area contributed by atoms with Gasteiger partial charge in [0.25, 0.3) is 17.5 Å². The van der Waals surface area contributed by atoms with Gasteiger partial charge in [0.05, 0.1) is 0 Å². The molecule has 1 aromatic carbocycles. The summed E-state index contributed by atoms with van der Waals surface area (Å²) < 4.78 is 10.7. The molecule has 2 N–H and O–H groups in total. The third-order valence-electron chi connectivity index (χ3n) is 4.79. The van der Waals surface area contributed by atoms with E-state index in [4.69, 9.17) is 21.1 Å². The Kier molecular flexibility index (Phi) is 4.80. The van der Waals surface area contributed by atoms with Crippen LogP contribution in [0.3, 0.4) is 0 Å². The van der Waals surface area contributed by atoms with E-state index in [1.54, 1.807) is 24.3 Å². The molecule has 0 aromatic heterocycles. The van der Waals surface area contributed by atoms with Gasteiger partial charge in [-0.15, -0.1) is 11.8 Å². The molecule has 152 valence electrons. The van der Waals surface area contributed by atoms with E-state index in [9.17, 15) is 24.3 Å². The topological polar surface area (TPSA) is 122 Å². The normalized spacial score (nSPS) is 28.1. The first-order valence-electron chi connectivity index (χ1n) is 8.54. The number of carboxylic acid groups (broad SMARTS) is 1. The zero-order valence-corrected chi connectivity index (χ0v) is 16.6. The number of esters is 1. The van der Waals surface area contributed by atoms with Crippen molar-refractivity contribution in [3.63, 3.8) is 0 Å². The molecule has 3 aliphatic heterocycles. The van der Waals surface area contributed by atoms with Gasteiger partial charge in [-0.1, -0.05) is 23.7 Å². The highest BCUT2D eigenvalue weighted by atomic mass is 35.5. The molecule has 1 aromatic rings. The lowest BCUT2D eigenvalue weighted by Gasteiger charge is -2.54. The van der Waals surface area contributed by atoms with Crippen LogP contribution in [0, 0.1) is 0 Å². The fourth-order valence-corrected chi connectivity index (χ4v) is 4.99. The fraction of sp³-hybridized carbons (Fsp3) is 0.333. The lowest BCUT2D eigenvalue weighted by Crippen LogP contribution is -2.78. The van der Waals surface area contributed by atoms with Gasteiger partial charge in [-0.25, -0.2) is 4.79 Å². The summed E-state index contributed by atoms with van der Waals surface area (Å²) >= 11 is 7.10. The van der Waals surface area contributed by atoms with E-state index >= 15 is 0 Å². The molecule has 3 aliphatic rings. The SMILES string of the molecule is CC(=O)OCC1=C(C(=O)O)N2C(=O)C3(NC(=O)C(c4ccc(Cl)cc4)O3)[C@@H]2SC1. The number of fused-ring (bicyclic) bond motifs is 2. The maximum atomic E-state index is 12.9. The van der Waals surface area contributed by atoms with Crippen LogP contribution in [0.5, 0.6) is 0 Å². The number of hydrogen-bond donors (Lipinski definition) is 2. The predicted molar refractivity (Wildman–Crippen MR) is 101 cm³/mol. The Hall–Kier alpha value is -2.56. The van der Waals surface area contributed by atoms with Crippen LogP contribution in [0.25, 0.3) is 0 Å². The Morgan fingerprint density at radius 3 is 2.69 bits per heavy atom. The number of β-lactam (4-membered cyclic amide) rings is 1. The zero-order chi connectivity index (χ0) is 20.9. The summed E-state index contributed by atoms with van der Waals surface area (Å²) in [6.07, 6.45) is -1.02. The molecule has 0 bridgehead atoms. The molecule has 2 saturated heterocycles. The van der Waals surface area contributed by atoms with Crippen molar-refractivity contribution in [2.24, 2.45) is 0 Å². The molecule has 2 amide bonds. The highest BCUT2D eigenvalue weighted by molar-refractivity contribution is 8.00. The van der Waals surface area contributed by atoms with E-state index in [1.807, 2.05) is 0 Å². The standard InChI is InChI=1S/C18H15ClN2O7S/c1-8(22)27-6-10-7-29-17-18(16(26)21(17)12(10)15(24)25)20-14(23)13(28-18)9-2-4-11(19)5-3-9/h2-5,13,17H,6-7H2,1H3,(H,20,23)(H,24,25)/t13?,17-,18?/m0/s1. The molecule has 4 rings (SSSR count). The summed E-state index contributed by atoms with van der Waals surface area (Å²) in [5.41, 5.74) is -1.06. The molecule has 3 atom stereocenters. The van der Waals surface area contributed by atoms with Gasteiger partial charge >= 0.3 is 11.9 Å². The van der Waals surface area contributed by atoms with Crippen LogP contribution in [0.15, 0.2) is 35.5 Å². The first-order chi connectivity index (χ1) is 13.7. The number of rotatable bonds is 4. The minimum atomic E-state index is -1.64. The van der Waals surface area contributed by atoms with E-state index in [1.165, 1.54) is 18.7 Å². The maximum Gasteiger partial charge on any atom is 0.352 e. The first kappa shape index (κ1) is 19.7. The molecule has 2 unspecified atom stereocenters. The summed E-state index contributed by atoms with van der Waals surface area (Å²) in [5, 5.41) is 12.0. The number of carboxylic acids is 1. The van der Waals surface area contributed by atoms with Gasteiger partial charge in [0, 0.05) is 23.3 Å². The molecule has 9 nitrogen and oxygen atoms in total. The van der Waals surface area contributed by atoms with Crippen LogP contribution in [0.4, 0.5) is 0 Å². The second-order valence-electron chi connectivity index (χ2n) is 6.65. The third-order valence-corrected chi connectivity index (χ3v) is 6.41. The van der Waals surface area contributed by atoms with Gasteiger partial charge < -0.3 is 19.9 Å². The van der Waals surface area contributed by atoms with Crippen LogP contribution >= 0.6 is 23.4 Å². The summed E-state index contributed by atoms with van der Waals surface area (Å²) in [4.78, 5) is 49.4. The summed E-state index contributed by atoms with van der Waals surface area (Å²) in [6.45, 7) is 0.983. The van der Waals surface area contributed by atoms with Crippen LogP contribution < -0.4 is 5.32 Å². The predicted octanol–water partition coefficient (Wildman–Crippen LogP) is 1.04. The van der Waals surface area contributed by atoms with Crippen molar-refractivity contribution in [1.29, 1.82) is 0 Å². The minimum Gasteiger partial charge on any atom is -0.477 e. The van der Waals surface area contributed by atoms with Gasteiger partial charge in [0.1, 0.15) is 17.7 Å². The smallest absolute Gasteiger partial charge is 0.352 e. The van der Waals surface area contributed by atoms with E-state index in [0.717, 1.165) is 4.90 Å². The number of nitrogens with one attached hydrogen (secondary N) is 1. The van der Waals surface area contributed by atoms with E-state index in [2.05, 4.69) is 5.32 Å². The number of nitrogens with zero attached hydrogens (tertiary/aromatic N) is 1. The second-order valence-corrected chi connectivity index (χ2v) is 8.16. The largest absolute Gasteiger partial charge is 0.477 e. The highest BCUT2D eigenvalue weighted by Crippen LogP contribution is 2.50. The molecule has 2 fully saturated rings. The number of ether oxygens (including phenoxy) is 2. The Bertz CT molecular complexity index is 963. The number of benzene rings is 1. The Morgan fingerprint density at radius 1 is 1.38 bits per heavy atom. The minimum absolute atomic E-state index is 0.204. The highest BCUT2D eigenvalue weighted by Gasteiger charge is 2.70. The Morgan fingerprint density at radius 2 is 2.07 bits per heavy atom. The van der Waals surface area contributed by atoms with Crippen molar-refractivity contribution < 1.29 is 33.8 Å². The Labute approximate surface area is 174 Å². The van der Waals surface area contributed by atoms with E-state index in [0.29, 0.717) is 16.2 Å². The van der Waals surface area contributed by atoms with E-state index in [-0.39, 0.29) is 18.1 Å². The molecule has 0 radical (unpaired) electrons. The number of carbonyl (C=O) groups is 4. The van der Waals surface area contributed by atoms with Crippen molar-refractivity contribution >= 4 is 47.1 Å². The van der Waals surface area contributed by atoms with Crippen LogP contribution in [-0.2, 0) is 28.7 Å². The zero-order valence-electron chi connectivity index (χ0n) is 15.0. The average molecular weight is 439 g/mol. The number of aliphatic carboxylic acids is 1. The van der Waals surface area contributed by atoms with Gasteiger partial charge in [0.2, 0.25) is 0 Å². The van der Waals surface area contributed by atoms with Crippen molar-refractivity contribution in [3.8, 4) is 0 Å². The van der Waals surface area contributed by atoms with Crippen molar-refractivity contribution in [1.82, 2.24) is 10.2 Å². The molecular weight excluding hydrogens is 424 g/mol. The molecule has 1 spiro atoms. The molecule has 29 heavy (non-hydrogen) atoms. The third kappa shape index (κ3) is 3.07. The van der Waals surface area contributed by atoms with Crippen molar-refractivity contribution in [3.05, 3.63) is 46.1 Å². The molecule has 11 heteroatoms. The van der Waals surface area contributed by atoms with Gasteiger partial charge in [-0.3, -0.25) is 19.3 Å². The summed E-state index contributed by atoms with van der Waals surface area (Å²) in [5.74, 6) is -2.85.